The maximum Gasteiger partial charge on any atom is 0.240 e. The number of hydrogen-bond acceptors (Lipinski definition) is 3. The van der Waals surface area contributed by atoms with Crippen molar-refractivity contribution < 1.29 is 21.9 Å². The van der Waals surface area contributed by atoms with Gasteiger partial charge in [0.05, 0.1) is 9.92 Å². The van der Waals surface area contributed by atoms with Gasteiger partial charge in [-0.25, -0.2) is 21.9 Å². The lowest BCUT2D eigenvalue weighted by molar-refractivity contribution is 0.322. The van der Waals surface area contributed by atoms with Gasteiger partial charge in [0.25, 0.3) is 0 Å². The van der Waals surface area contributed by atoms with Crippen LogP contribution in [0.1, 0.15) is 5.56 Å². The van der Waals surface area contributed by atoms with E-state index in [4.69, 9.17) is 16.3 Å². The second kappa shape index (κ2) is 7.25. The maximum absolute atomic E-state index is 13.2. The number of nitrogens with one attached hydrogen (secondary N) is 1. The molecule has 0 spiro atoms. The van der Waals surface area contributed by atoms with Crippen molar-refractivity contribution in [2.45, 2.75) is 11.8 Å². The summed E-state index contributed by atoms with van der Waals surface area (Å²) < 4.78 is 57.8. The lowest BCUT2D eigenvalue weighted by Crippen LogP contribution is -2.28. The molecule has 0 bridgehead atoms. The van der Waals surface area contributed by atoms with Crippen molar-refractivity contribution in [1.29, 1.82) is 0 Å². The monoisotopic (exact) mass is 361 g/mol. The molecule has 2 aromatic rings. The molecule has 2 rings (SSSR count). The van der Waals surface area contributed by atoms with E-state index >= 15 is 0 Å². The molecule has 2 aromatic carbocycles. The minimum atomic E-state index is -3.76. The number of ether oxygens (including phenoxy) is 1. The first-order valence-corrected chi connectivity index (χ1v) is 8.49. The van der Waals surface area contributed by atoms with Gasteiger partial charge in [-0.3, -0.25) is 0 Å². The van der Waals surface area contributed by atoms with E-state index in [9.17, 15) is 17.2 Å². The van der Waals surface area contributed by atoms with Crippen LogP contribution in [0.2, 0.25) is 5.02 Å². The van der Waals surface area contributed by atoms with Crippen LogP contribution in [0.4, 0.5) is 8.78 Å². The van der Waals surface area contributed by atoms with Crippen LogP contribution in [-0.2, 0) is 10.0 Å². The van der Waals surface area contributed by atoms with Gasteiger partial charge in [-0.2, -0.15) is 0 Å². The van der Waals surface area contributed by atoms with E-state index in [0.717, 1.165) is 12.1 Å². The Morgan fingerprint density at radius 2 is 1.91 bits per heavy atom. The summed E-state index contributed by atoms with van der Waals surface area (Å²) in [4.78, 5) is -0.0313. The van der Waals surface area contributed by atoms with Crippen LogP contribution < -0.4 is 9.46 Å². The van der Waals surface area contributed by atoms with E-state index < -0.39 is 21.7 Å². The lowest BCUT2D eigenvalue weighted by Gasteiger charge is -2.10. The summed E-state index contributed by atoms with van der Waals surface area (Å²) in [5.41, 5.74) is 0.238. The van der Waals surface area contributed by atoms with Crippen LogP contribution in [0.3, 0.4) is 0 Å². The van der Waals surface area contributed by atoms with E-state index in [1.807, 2.05) is 0 Å². The third-order valence-electron chi connectivity index (χ3n) is 2.99. The highest BCUT2D eigenvalue weighted by Gasteiger charge is 2.14. The first-order valence-electron chi connectivity index (χ1n) is 6.63. The summed E-state index contributed by atoms with van der Waals surface area (Å²) in [6.45, 7) is 1.46. The van der Waals surface area contributed by atoms with Gasteiger partial charge in [-0.1, -0.05) is 11.6 Å². The molecule has 0 heterocycles. The third-order valence-corrected chi connectivity index (χ3v) is 4.74. The van der Waals surface area contributed by atoms with Gasteiger partial charge in [0.2, 0.25) is 10.0 Å². The molecule has 0 amide bonds. The molecule has 0 atom stereocenters. The van der Waals surface area contributed by atoms with Crippen molar-refractivity contribution in [3.63, 3.8) is 0 Å². The molecule has 0 unspecified atom stereocenters. The highest BCUT2D eigenvalue weighted by atomic mass is 35.5. The zero-order chi connectivity index (χ0) is 17.0. The molecule has 0 aliphatic rings. The standard InChI is InChI=1S/C15H14ClF2NO3S/c1-10-8-12(3-4-14(10)18)23(20,21)19-6-7-22-15-5-2-11(17)9-13(15)16/h2-5,8-9,19H,6-7H2,1H3. The number of benzene rings is 2. The van der Waals surface area contributed by atoms with Crippen LogP contribution >= 0.6 is 11.6 Å². The number of rotatable bonds is 6. The highest BCUT2D eigenvalue weighted by molar-refractivity contribution is 7.89. The van der Waals surface area contributed by atoms with E-state index in [0.29, 0.717) is 0 Å². The quantitative estimate of drug-likeness (QED) is 0.803. The summed E-state index contributed by atoms with van der Waals surface area (Å²) in [7, 11) is -3.76. The molecular weight excluding hydrogens is 348 g/mol. The summed E-state index contributed by atoms with van der Waals surface area (Å²) in [5, 5.41) is 0.0991. The summed E-state index contributed by atoms with van der Waals surface area (Å²) in [6, 6.07) is 7.17. The van der Waals surface area contributed by atoms with E-state index in [2.05, 4.69) is 4.72 Å². The second-order valence-corrected chi connectivity index (χ2v) is 6.91. The smallest absolute Gasteiger partial charge is 0.240 e. The normalized spacial score (nSPS) is 11.5. The predicted octanol–water partition coefficient (Wildman–Crippen LogP) is 3.28. The molecule has 124 valence electrons. The molecule has 1 N–H and O–H groups in total. The van der Waals surface area contributed by atoms with E-state index in [-0.39, 0.29) is 34.4 Å². The molecule has 4 nitrogen and oxygen atoms in total. The summed E-state index contributed by atoms with van der Waals surface area (Å²) in [5.74, 6) is -0.710. The molecule has 0 radical (unpaired) electrons. The zero-order valence-corrected chi connectivity index (χ0v) is 13.7. The summed E-state index contributed by atoms with van der Waals surface area (Å²) >= 11 is 5.79. The molecule has 0 aromatic heterocycles. The predicted molar refractivity (Wildman–Crippen MR) is 83.2 cm³/mol. The van der Waals surface area contributed by atoms with Gasteiger partial charge >= 0.3 is 0 Å². The van der Waals surface area contributed by atoms with Crippen molar-refractivity contribution in [2.24, 2.45) is 0 Å². The Morgan fingerprint density at radius 3 is 2.57 bits per heavy atom. The van der Waals surface area contributed by atoms with Crippen LogP contribution in [0.5, 0.6) is 5.75 Å². The van der Waals surface area contributed by atoms with Crippen molar-refractivity contribution >= 4 is 21.6 Å². The Morgan fingerprint density at radius 1 is 1.17 bits per heavy atom. The average molecular weight is 362 g/mol. The zero-order valence-electron chi connectivity index (χ0n) is 12.1. The highest BCUT2D eigenvalue weighted by Crippen LogP contribution is 2.24. The van der Waals surface area contributed by atoms with E-state index in [1.54, 1.807) is 0 Å². The third kappa shape index (κ3) is 4.63. The van der Waals surface area contributed by atoms with Crippen LogP contribution in [-0.4, -0.2) is 21.6 Å². The maximum atomic E-state index is 13.2. The van der Waals surface area contributed by atoms with Gasteiger partial charge < -0.3 is 4.74 Å². The first kappa shape index (κ1) is 17.7. The van der Waals surface area contributed by atoms with Gasteiger partial charge in [-0.05, 0) is 48.9 Å². The fourth-order valence-electron chi connectivity index (χ4n) is 1.80. The lowest BCUT2D eigenvalue weighted by atomic mass is 10.2. The molecule has 23 heavy (non-hydrogen) atoms. The Balaban J connectivity index is 1.93. The van der Waals surface area contributed by atoms with Crippen molar-refractivity contribution in [3.8, 4) is 5.75 Å². The fourth-order valence-corrected chi connectivity index (χ4v) is 3.12. The number of aryl methyl sites for hydroxylation is 1. The van der Waals surface area contributed by atoms with Crippen LogP contribution in [0.15, 0.2) is 41.3 Å². The van der Waals surface area contributed by atoms with Crippen LogP contribution in [0, 0.1) is 18.6 Å². The molecule has 0 fully saturated rings. The van der Waals surface area contributed by atoms with Crippen LogP contribution in [0.25, 0.3) is 0 Å². The first-order chi connectivity index (χ1) is 10.8. The van der Waals surface area contributed by atoms with Crippen molar-refractivity contribution in [3.05, 3.63) is 58.6 Å². The minimum Gasteiger partial charge on any atom is -0.491 e. The number of halogens is 3. The van der Waals surface area contributed by atoms with Gasteiger partial charge in [-0.15, -0.1) is 0 Å². The Labute approximate surface area is 138 Å². The number of hydrogen-bond donors (Lipinski definition) is 1. The topological polar surface area (TPSA) is 55.4 Å². The average Bonchev–Trinajstić information content (AvgIpc) is 2.48. The SMILES string of the molecule is Cc1cc(S(=O)(=O)NCCOc2ccc(F)cc2Cl)ccc1F. The molecule has 0 saturated carbocycles. The molecular formula is C15H14ClF2NO3S. The van der Waals surface area contributed by atoms with Gasteiger partial charge in [0.1, 0.15) is 24.0 Å². The minimum absolute atomic E-state index is 0.00472. The second-order valence-electron chi connectivity index (χ2n) is 4.73. The van der Waals surface area contributed by atoms with Crippen molar-refractivity contribution in [1.82, 2.24) is 4.72 Å². The molecule has 0 aliphatic carbocycles. The Hall–Kier alpha value is -1.70. The van der Waals surface area contributed by atoms with Gasteiger partial charge in [0.15, 0.2) is 0 Å². The van der Waals surface area contributed by atoms with E-state index in [1.165, 1.54) is 31.2 Å². The largest absolute Gasteiger partial charge is 0.491 e. The summed E-state index contributed by atoms with van der Waals surface area (Å²) in [6.07, 6.45) is 0. The molecule has 0 aliphatic heterocycles. The van der Waals surface area contributed by atoms with Crippen molar-refractivity contribution in [2.75, 3.05) is 13.2 Å². The Kier molecular flexibility index (Phi) is 5.56. The number of sulfonamides is 1. The molecule has 8 heteroatoms. The van der Waals surface area contributed by atoms with Gasteiger partial charge in [0, 0.05) is 6.54 Å². The molecule has 0 saturated heterocycles. The fraction of sp³-hybridized carbons (Fsp3) is 0.200. The Bertz CT molecular complexity index is 812.